The zero-order valence-corrected chi connectivity index (χ0v) is 22.7. The Hall–Kier alpha value is -3.77. The number of hydrogen-bond donors (Lipinski definition) is 2. The second-order valence-corrected chi connectivity index (χ2v) is 11.3. The Morgan fingerprint density at radius 2 is 2.05 bits per heavy atom. The summed E-state index contributed by atoms with van der Waals surface area (Å²) in [6, 6.07) is 8.66. The minimum absolute atomic E-state index is 0.00656. The van der Waals surface area contributed by atoms with Crippen molar-refractivity contribution in [3.05, 3.63) is 69.6 Å². The van der Waals surface area contributed by atoms with E-state index in [1.165, 1.54) is 6.07 Å². The Morgan fingerprint density at radius 3 is 2.79 bits per heavy atom. The van der Waals surface area contributed by atoms with Crippen molar-refractivity contribution in [1.29, 1.82) is 5.26 Å². The van der Waals surface area contributed by atoms with Crippen LogP contribution in [-0.4, -0.2) is 31.5 Å². The second-order valence-electron chi connectivity index (χ2n) is 10.9. The van der Waals surface area contributed by atoms with Crippen LogP contribution in [0.1, 0.15) is 67.9 Å². The first-order chi connectivity index (χ1) is 18.1. The predicted octanol–water partition coefficient (Wildman–Crippen LogP) is 6.19. The number of nitrogens with one attached hydrogen (secondary N) is 2. The minimum atomic E-state index is -0.534. The molecule has 196 valence electrons. The molecule has 4 aromatic rings. The smallest absolute Gasteiger partial charge is 0.213 e. The first kappa shape index (κ1) is 25.9. The van der Waals surface area contributed by atoms with Gasteiger partial charge in [-0.05, 0) is 49.8 Å². The Kier molecular flexibility index (Phi) is 6.93. The number of hydrogen-bond acceptors (Lipinski definition) is 7. The molecule has 5 rings (SSSR count). The van der Waals surface area contributed by atoms with Gasteiger partial charge in [-0.1, -0.05) is 43.7 Å². The van der Waals surface area contributed by atoms with Gasteiger partial charge in [0.05, 0.1) is 33.5 Å². The Balaban J connectivity index is 1.63. The lowest BCUT2D eigenvalue weighted by atomic mass is 9.96. The molecule has 8 nitrogen and oxygen atoms in total. The third-order valence-electron chi connectivity index (χ3n) is 6.73. The molecule has 1 aliphatic rings. The largest absolute Gasteiger partial charge is 0.383 e. The molecule has 3 aromatic heterocycles. The van der Waals surface area contributed by atoms with Gasteiger partial charge >= 0.3 is 0 Å². The van der Waals surface area contributed by atoms with Crippen LogP contribution in [0.4, 0.5) is 15.8 Å². The van der Waals surface area contributed by atoms with Gasteiger partial charge < -0.3 is 10.6 Å². The summed E-state index contributed by atoms with van der Waals surface area (Å²) in [5, 5.41) is 26.9. The first-order valence-corrected chi connectivity index (χ1v) is 13.1. The zero-order chi connectivity index (χ0) is 27.0. The fourth-order valence-electron chi connectivity index (χ4n) is 4.84. The normalized spacial score (nSPS) is 14.1. The summed E-state index contributed by atoms with van der Waals surface area (Å²) in [5.74, 6) is -0.534. The summed E-state index contributed by atoms with van der Waals surface area (Å²) in [6.07, 6.45) is 4.53. The summed E-state index contributed by atoms with van der Waals surface area (Å²) in [4.78, 5) is 8.53. The Labute approximate surface area is 226 Å². The highest BCUT2D eigenvalue weighted by atomic mass is 35.5. The second kappa shape index (κ2) is 10.2. The molecule has 38 heavy (non-hydrogen) atoms. The number of halogens is 2. The summed E-state index contributed by atoms with van der Waals surface area (Å²) in [6.45, 7) is 9.64. The van der Waals surface area contributed by atoms with Crippen LogP contribution >= 0.6 is 11.6 Å². The van der Waals surface area contributed by atoms with Crippen LogP contribution in [0, 0.1) is 29.6 Å². The first-order valence-electron chi connectivity index (χ1n) is 12.7. The average molecular weight is 533 g/mol. The maximum absolute atomic E-state index is 13.9. The summed E-state index contributed by atoms with van der Waals surface area (Å²) >= 11 is 6.73. The molecule has 0 saturated heterocycles. The van der Waals surface area contributed by atoms with E-state index in [1.807, 2.05) is 16.8 Å². The molecule has 4 heterocycles. The molecule has 0 amide bonds. The van der Waals surface area contributed by atoms with Crippen molar-refractivity contribution < 1.29 is 4.39 Å². The van der Waals surface area contributed by atoms with E-state index in [1.54, 1.807) is 19.2 Å². The number of pyridine rings is 2. The lowest BCUT2D eigenvalue weighted by molar-refractivity contribution is 0.443. The van der Waals surface area contributed by atoms with Gasteiger partial charge in [0.2, 0.25) is 5.95 Å². The maximum Gasteiger partial charge on any atom is 0.213 e. The monoisotopic (exact) mass is 532 g/mol. The van der Waals surface area contributed by atoms with E-state index in [9.17, 15) is 9.65 Å². The standard InChI is InChI=1S/C28H30ClFN8/c1-16-19(8-9-23(30)34-16)26(27-22-7-5-6-10-38(22)37-36-27)35-18-11-20-24(33-15-28(2,3)4)17(13-31)14-32-25(20)21(29)12-18/h8-9,11-12,14,26,35H,5-7,10,15H2,1-4H3,(H,32,33)/t26-/m0/s1. The van der Waals surface area contributed by atoms with E-state index in [2.05, 4.69) is 57.8 Å². The van der Waals surface area contributed by atoms with Crippen LogP contribution in [0.25, 0.3) is 10.9 Å². The quantitative estimate of drug-likeness (QED) is 0.285. The highest BCUT2D eigenvalue weighted by molar-refractivity contribution is 6.35. The molecule has 10 heteroatoms. The van der Waals surface area contributed by atoms with E-state index in [-0.39, 0.29) is 5.41 Å². The molecule has 1 atom stereocenters. The van der Waals surface area contributed by atoms with Crippen molar-refractivity contribution in [1.82, 2.24) is 25.0 Å². The number of rotatable bonds is 6. The Bertz CT molecular complexity index is 1550. The van der Waals surface area contributed by atoms with Crippen LogP contribution in [-0.2, 0) is 13.0 Å². The molecular weight excluding hydrogens is 503 g/mol. The summed E-state index contributed by atoms with van der Waals surface area (Å²) in [7, 11) is 0. The molecule has 0 radical (unpaired) electrons. The summed E-state index contributed by atoms with van der Waals surface area (Å²) in [5.41, 5.74) is 5.65. The number of anilines is 2. The predicted molar refractivity (Wildman–Crippen MR) is 147 cm³/mol. The van der Waals surface area contributed by atoms with Crippen LogP contribution in [0.15, 0.2) is 30.5 Å². The molecule has 0 aliphatic carbocycles. The highest BCUT2D eigenvalue weighted by Gasteiger charge is 2.27. The number of nitrogens with zero attached hydrogens (tertiary/aromatic N) is 6. The molecule has 1 aliphatic heterocycles. The van der Waals surface area contributed by atoms with Crippen molar-refractivity contribution in [2.75, 3.05) is 17.2 Å². The molecule has 0 fully saturated rings. The van der Waals surface area contributed by atoms with Gasteiger partial charge in [0.15, 0.2) is 0 Å². The van der Waals surface area contributed by atoms with E-state index in [0.717, 1.165) is 48.1 Å². The number of aromatic nitrogens is 5. The van der Waals surface area contributed by atoms with E-state index in [0.29, 0.717) is 39.7 Å². The van der Waals surface area contributed by atoms with Crippen molar-refractivity contribution >= 4 is 33.9 Å². The van der Waals surface area contributed by atoms with Crippen molar-refractivity contribution in [3.63, 3.8) is 0 Å². The zero-order valence-electron chi connectivity index (χ0n) is 21.9. The van der Waals surface area contributed by atoms with Gasteiger partial charge in [-0.25, -0.2) is 9.67 Å². The maximum atomic E-state index is 13.9. The van der Waals surface area contributed by atoms with Crippen LogP contribution in [0.2, 0.25) is 5.02 Å². The third-order valence-corrected chi connectivity index (χ3v) is 7.02. The van der Waals surface area contributed by atoms with Crippen molar-refractivity contribution in [3.8, 4) is 6.07 Å². The van der Waals surface area contributed by atoms with Gasteiger partial charge in [0.1, 0.15) is 11.8 Å². The van der Waals surface area contributed by atoms with Crippen LogP contribution < -0.4 is 10.6 Å². The molecular formula is C28H30ClFN8. The summed E-state index contributed by atoms with van der Waals surface area (Å²) < 4.78 is 15.9. The Morgan fingerprint density at radius 1 is 1.24 bits per heavy atom. The van der Waals surface area contributed by atoms with Crippen LogP contribution in [0.5, 0.6) is 0 Å². The fraction of sp³-hybridized carbons (Fsp3) is 0.393. The van der Waals surface area contributed by atoms with Gasteiger partial charge in [0, 0.05) is 41.6 Å². The number of aryl methyl sites for hydroxylation is 2. The fourth-order valence-corrected chi connectivity index (χ4v) is 5.11. The highest BCUT2D eigenvalue weighted by Crippen LogP contribution is 2.37. The number of fused-ring (bicyclic) bond motifs is 2. The van der Waals surface area contributed by atoms with E-state index >= 15 is 0 Å². The van der Waals surface area contributed by atoms with E-state index < -0.39 is 12.0 Å². The van der Waals surface area contributed by atoms with Crippen molar-refractivity contribution in [2.24, 2.45) is 5.41 Å². The van der Waals surface area contributed by atoms with Crippen molar-refractivity contribution in [2.45, 2.75) is 59.5 Å². The molecule has 0 bridgehead atoms. The SMILES string of the molecule is Cc1nc(F)ccc1[C@H](Nc1cc(Cl)c2ncc(C#N)c(NCC(C)(C)C)c2c1)c1nnn2c1CCCC2. The van der Waals surface area contributed by atoms with Gasteiger partial charge in [-0.2, -0.15) is 9.65 Å². The van der Waals surface area contributed by atoms with E-state index in [4.69, 9.17) is 11.6 Å². The van der Waals surface area contributed by atoms with Gasteiger partial charge in [-0.3, -0.25) is 4.98 Å². The molecule has 0 spiro atoms. The lowest BCUT2D eigenvalue weighted by Gasteiger charge is -2.24. The number of nitriles is 1. The van der Waals surface area contributed by atoms with Gasteiger partial charge in [0.25, 0.3) is 0 Å². The molecule has 2 N–H and O–H groups in total. The topological polar surface area (TPSA) is 104 Å². The lowest BCUT2D eigenvalue weighted by Crippen LogP contribution is -2.20. The molecule has 1 aromatic carbocycles. The average Bonchev–Trinajstić information content (AvgIpc) is 3.29. The molecule has 0 saturated carbocycles. The number of benzene rings is 1. The third kappa shape index (κ3) is 5.14. The molecule has 0 unspecified atom stereocenters. The van der Waals surface area contributed by atoms with Crippen LogP contribution in [0.3, 0.4) is 0 Å². The minimum Gasteiger partial charge on any atom is -0.383 e. The van der Waals surface area contributed by atoms with Gasteiger partial charge in [-0.15, -0.1) is 5.10 Å².